The number of aryl methyl sites for hydroxylation is 1. The first kappa shape index (κ1) is 13.0. The molecular formula is C13H21N5. The quantitative estimate of drug-likeness (QED) is 0.877. The number of hydrogen-bond donors (Lipinski definition) is 1. The second kappa shape index (κ2) is 5.44. The molecule has 0 aliphatic carbocycles. The number of aromatic nitrogens is 4. The van der Waals surface area contributed by atoms with Crippen molar-refractivity contribution in [2.24, 2.45) is 0 Å². The van der Waals surface area contributed by atoms with Crippen LogP contribution in [0.3, 0.4) is 0 Å². The maximum Gasteiger partial charge on any atom is 0.252 e. The number of nitrogens with zero attached hydrogens (tertiary/aromatic N) is 4. The molecule has 5 nitrogen and oxygen atoms in total. The monoisotopic (exact) mass is 247 g/mol. The summed E-state index contributed by atoms with van der Waals surface area (Å²) in [4.78, 5) is 8.55. The molecule has 0 aliphatic rings. The van der Waals surface area contributed by atoms with Gasteiger partial charge in [-0.1, -0.05) is 20.8 Å². The van der Waals surface area contributed by atoms with Crippen LogP contribution in [0.2, 0.25) is 0 Å². The lowest BCUT2D eigenvalue weighted by Crippen LogP contribution is -2.34. The summed E-state index contributed by atoms with van der Waals surface area (Å²) < 4.78 is 1.84. The number of nitrogens with one attached hydrogen (secondary N) is 1. The van der Waals surface area contributed by atoms with Gasteiger partial charge >= 0.3 is 0 Å². The summed E-state index contributed by atoms with van der Waals surface area (Å²) in [7, 11) is 0. The maximum atomic E-state index is 4.38. The first-order valence-corrected chi connectivity index (χ1v) is 6.58. The number of rotatable bonds is 5. The third-order valence-electron chi connectivity index (χ3n) is 3.38. The average Bonchev–Trinajstić information content (AvgIpc) is 2.82. The van der Waals surface area contributed by atoms with Crippen molar-refractivity contribution >= 4 is 5.78 Å². The molecule has 5 heteroatoms. The van der Waals surface area contributed by atoms with E-state index in [1.54, 1.807) is 6.33 Å². The zero-order valence-electron chi connectivity index (χ0n) is 11.5. The highest BCUT2D eigenvalue weighted by atomic mass is 15.3. The summed E-state index contributed by atoms with van der Waals surface area (Å²) >= 11 is 0. The van der Waals surface area contributed by atoms with Gasteiger partial charge in [-0.3, -0.25) is 0 Å². The van der Waals surface area contributed by atoms with Crippen LogP contribution in [0, 0.1) is 6.92 Å². The van der Waals surface area contributed by atoms with Crippen LogP contribution in [0.4, 0.5) is 0 Å². The molecule has 98 valence electrons. The minimum absolute atomic E-state index is 0.376. The molecule has 2 atom stereocenters. The molecule has 0 amide bonds. The molecule has 0 aliphatic heterocycles. The average molecular weight is 247 g/mol. The van der Waals surface area contributed by atoms with Gasteiger partial charge in [-0.2, -0.15) is 10.1 Å². The Kier molecular flexibility index (Phi) is 3.91. The highest BCUT2D eigenvalue weighted by Gasteiger charge is 2.20. The van der Waals surface area contributed by atoms with E-state index in [2.05, 4.69) is 47.2 Å². The molecule has 18 heavy (non-hydrogen) atoms. The van der Waals surface area contributed by atoms with E-state index in [0.29, 0.717) is 17.7 Å². The van der Waals surface area contributed by atoms with Gasteiger partial charge in [0.15, 0.2) is 0 Å². The van der Waals surface area contributed by atoms with Gasteiger partial charge in [0, 0.05) is 17.7 Å². The Hall–Kier alpha value is -1.49. The van der Waals surface area contributed by atoms with Gasteiger partial charge in [0.05, 0.1) is 5.69 Å². The van der Waals surface area contributed by atoms with Crippen molar-refractivity contribution in [3.8, 4) is 0 Å². The zero-order valence-corrected chi connectivity index (χ0v) is 11.5. The topological polar surface area (TPSA) is 55.1 Å². The normalized spacial score (nSPS) is 14.9. The van der Waals surface area contributed by atoms with Crippen molar-refractivity contribution in [1.82, 2.24) is 24.9 Å². The molecule has 0 saturated carbocycles. The van der Waals surface area contributed by atoms with E-state index in [1.807, 2.05) is 11.4 Å². The van der Waals surface area contributed by atoms with Crippen molar-refractivity contribution in [3.63, 3.8) is 0 Å². The van der Waals surface area contributed by atoms with Crippen molar-refractivity contribution in [2.75, 3.05) is 6.54 Å². The molecule has 2 unspecified atom stereocenters. The van der Waals surface area contributed by atoms with Crippen molar-refractivity contribution in [2.45, 2.75) is 46.1 Å². The SMILES string of the molecule is CCNC(CC)C(C)c1cc(C)nc2ncnn12. The number of hydrogen-bond acceptors (Lipinski definition) is 4. The molecule has 0 spiro atoms. The first-order valence-electron chi connectivity index (χ1n) is 6.58. The zero-order chi connectivity index (χ0) is 13.1. The van der Waals surface area contributed by atoms with E-state index in [4.69, 9.17) is 0 Å². The fourth-order valence-electron chi connectivity index (χ4n) is 2.43. The molecule has 2 heterocycles. The molecular weight excluding hydrogens is 226 g/mol. The summed E-state index contributed by atoms with van der Waals surface area (Å²) in [6.07, 6.45) is 2.65. The highest BCUT2D eigenvalue weighted by Crippen LogP contribution is 2.21. The van der Waals surface area contributed by atoms with E-state index >= 15 is 0 Å². The Morgan fingerprint density at radius 2 is 2.17 bits per heavy atom. The van der Waals surface area contributed by atoms with E-state index in [1.165, 1.54) is 5.69 Å². The smallest absolute Gasteiger partial charge is 0.252 e. The van der Waals surface area contributed by atoms with E-state index in [-0.39, 0.29) is 0 Å². The number of likely N-dealkylation sites (N-methyl/N-ethyl adjacent to an activating group) is 1. The molecule has 0 saturated heterocycles. The van der Waals surface area contributed by atoms with Gasteiger partial charge in [0.25, 0.3) is 5.78 Å². The molecule has 0 radical (unpaired) electrons. The predicted octanol–water partition coefficient (Wildman–Crippen LogP) is 1.92. The van der Waals surface area contributed by atoms with Crippen LogP contribution in [0.25, 0.3) is 5.78 Å². The second-order valence-electron chi connectivity index (χ2n) is 4.66. The van der Waals surface area contributed by atoms with Crippen LogP contribution in [-0.2, 0) is 0 Å². The molecule has 2 aromatic heterocycles. The van der Waals surface area contributed by atoms with Crippen LogP contribution in [0.1, 0.15) is 44.5 Å². The van der Waals surface area contributed by atoms with Gasteiger partial charge in [-0.25, -0.2) is 9.50 Å². The Balaban J connectivity index is 2.42. The lowest BCUT2D eigenvalue weighted by Gasteiger charge is -2.24. The fourth-order valence-corrected chi connectivity index (χ4v) is 2.43. The Morgan fingerprint density at radius 1 is 1.39 bits per heavy atom. The molecule has 1 N–H and O–H groups in total. The van der Waals surface area contributed by atoms with Crippen molar-refractivity contribution < 1.29 is 0 Å². The lowest BCUT2D eigenvalue weighted by molar-refractivity contribution is 0.437. The molecule has 2 aromatic rings. The minimum Gasteiger partial charge on any atom is -0.314 e. The molecule has 0 fully saturated rings. The summed E-state index contributed by atoms with van der Waals surface area (Å²) in [6, 6.07) is 2.55. The Bertz CT molecular complexity index is 519. The summed E-state index contributed by atoms with van der Waals surface area (Å²) in [5.74, 6) is 1.06. The predicted molar refractivity (Wildman–Crippen MR) is 71.7 cm³/mol. The van der Waals surface area contributed by atoms with Crippen LogP contribution < -0.4 is 5.32 Å². The van der Waals surface area contributed by atoms with Gasteiger partial charge in [0.1, 0.15) is 6.33 Å². The van der Waals surface area contributed by atoms with Crippen molar-refractivity contribution in [3.05, 3.63) is 23.8 Å². The van der Waals surface area contributed by atoms with Gasteiger partial charge in [-0.05, 0) is 26.0 Å². The largest absolute Gasteiger partial charge is 0.314 e. The number of fused-ring (bicyclic) bond motifs is 1. The molecule has 0 aromatic carbocycles. The highest BCUT2D eigenvalue weighted by molar-refractivity contribution is 5.31. The van der Waals surface area contributed by atoms with Gasteiger partial charge in [-0.15, -0.1) is 0 Å². The van der Waals surface area contributed by atoms with E-state index in [9.17, 15) is 0 Å². The van der Waals surface area contributed by atoms with E-state index in [0.717, 1.165) is 18.7 Å². The van der Waals surface area contributed by atoms with Crippen LogP contribution in [0.15, 0.2) is 12.4 Å². The Morgan fingerprint density at radius 3 is 2.83 bits per heavy atom. The molecule has 2 rings (SSSR count). The van der Waals surface area contributed by atoms with Crippen LogP contribution in [0.5, 0.6) is 0 Å². The minimum atomic E-state index is 0.376. The lowest BCUT2D eigenvalue weighted by atomic mass is 9.95. The van der Waals surface area contributed by atoms with Gasteiger partial charge < -0.3 is 5.32 Å². The van der Waals surface area contributed by atoms with Crippen LogP contribution >= 0.6 is 0 Å². The second-order valence-corrected chi connectivity index (χ2v) is 4.66. The van der Waals surface area contributed by atoms with Crippen molar-refractivity contribution in [1.29, 1.82) is 0 Å². The molecule has 0 bridgehead atoms. The third-order valence-corrected chi connectivity index (χ3v) is 3.38. The standard InChI is InChI=1S/C13H21N5/c1-5-11(14-6-2)10(4)12-7-9(3)17-13-15-8-16-18(12)13/h7-8,10-11,14H,5-6H2,1-4H3. The summed E-state index contributed by atoms with van der Waals surface area (Å²) in [5.41, 5.74) is 2.16. The summed E-state index contributed by atoms with van der Waals surface area (Å²) in [5, 5.41) is 7.80. The van der Waals surface area contributed by atoms with E-state index < -0.39 is 0 Å². The first-order chi connectivity index (χ1) is 8.67. The van der Waals surface area contributed by atoms with Gasteiger partial charge in [0.2, 0.25) is 0 Å². The third kappa shape index (κ3) is 2.36. The maximum absolute atomic E-state index is 4.38. The van der Waals surface area contributed by atoms with Crippen LogP contribution in [-0.4, -0.2) is 32.2 Å². The Labute approximate surface area is 108 Å². The fraction of sp³-hybridized carbons (Fsp3) is 0.615. The summed E-state index contributed by atoms with van der Waals surface area (Å²) in [6.45, 7) is 9.55.